The summed E-state index contributed by atoms with van der Waals surface area (Å²) in [5.74, 6) is 1.77. The number of nitrogens with zero attached hydrogens (tertiary/aromatic N) is 1. The Morgan fingerprint density at radius 3 is 2.70 bits per heavy atom. The molecule has 0 saturated heterocycles. The number of benzene rings is 2. The van der Waals surface area contributed by atoms with Gasteiger partial charge in [-0.25, -0.2) is 0 Å². The van der Waals surface area contributed by atoms with Crippen molar-refractivity contribution >= 4 is 23.0 Å². The van der Waals surface area contributed by atoms with Gasteiger partial charge in [-0.2, -0.15) is 0 Å². The van der Waals surface area contributed by atoms with E-state index < -0.39 is 4.92 Å². The van der Waals surface area contributed by atoms with Crippen molar-refractivity contribution in [1.29, 1.82) is 0 Å². The summed E-state index contributed by atoms with van der Waals surface area (Å²) in [5.41, 5.74) is 2.74. The lowest BCUT2D eigenvalue weighted by atomic mass is 9.76. The van der Waals surface area contributed by atoms with Crippen LogP contribution >= 0.6 is 11.6 Å². The third kappa shape index (κ3) is 2.90. The maximum atomic E-state index is 11.2. The molecule has 1 aliphatic carbocycles. The van der Waals surface area contributed by atoms with Crippen molar-refractivity contribution in [3.8, 4) is 11.5 Å². The summed E-state index contributed by atoms with van der Waals surface area (Å²) in [5, 5.41) is 15.3. The molecule has 6 nitrogen and oxygen atoms in total. The molecule has 4 rings (SSSR count). The maximum absolute atomic E-state index is 11.2. The second-order valence-electron chi connectivity index (χ2n) is 6.73. The van der Waals surface area contributed by atoms with Crippen molar-refractivity contribution in [2.24, 2.45) is 5.92 Å². The van der Waals surface area contributed by atoms with E-state index in [1.165, 1.54) is 6.07 Å². The van der Waals surface area contributed by atoms with Gasteiger partial charge < -0.3 is 14.8 Å². The first kappa shape index (κ1) is 17.7. The van der Waals surface area contributed by atoms with Crippen molar-refractivity contribution < 1.29 is 14.4 Å². The van der Waals surface area contributed by atoms with Gasteiger partial charge in [0.1, 0.15) is 11.5 Å². The standard InChI is InChI=1S/C20H19ClN2O4/c1-26-12-9-15-13-4-3-5-14(13)19(22-20(15)18(10-12)27-2)16-8-11(23(24)25)6-7-17(16)21/h3-4,6-10,13-14,19,22H,5H2,1-2H3/t13-,14-,19-/m0/s1. The van der Waals surface area contributed by atoms with Gasteiger partial charge in [-0.05, 0) is 30.0 Å². The molecule has 0 aromatic heterocycles. The topological polar surface area (TPSA) is 73.6 Å². The molecule has 1 N–H and O–H groups in total. The predicted octanol–water partition coefficient (Wildman–Crippen LogP) is 5.09. The quantitative estimate of drug-likeness (QED) is 0.450. The van der Waals surface area contributed by atoms with E-state index in [2.05, 4.69) is 17.5 Å². The minimum absolute atomic E-state index is 0.0335. The smallest absolute Gasteiger partial charge is 0.269 e. The molecular weight excluding hydrogens is 368 g/mol. The fourth-order valence-electron chi connectivity index (χ4n) is 4.11. The van der Waals surface area contributed by atoms with Crippen molar-refractivity contribution in [2.45, 2.75) is 18.4 Å². The zero-order valence-corrected chi connectivity index (χ0v) is 15.7. The summed E-state index contributed by atoms with van der Waals surface area (Å²) >= 11 is 6.44. The molecule has 0 saturated carbocycles. The highest BCUT2D eigenvalue weighted by molar-refractivity contribution is 6.31. The van der Waals surface area contributed by atoms with Crippen LogP contribution in [0.5, 0.6) is 11.5 Å². The van der Waals surface area contributed by atoms with Crippen LogP contribution in [0.25, 0.3) is 0 Å². The molecular formula is C20H19ClN2O4. The van der Waals surface area contributed by atoms with E-state index in [0.29, 0.717) is 10.8 Å². The Bertz CT molecular complexity index is 944. The highest BCUT2D eigenvalue weighted by atomic mass is 35.5. The fraction of sp³-hybridized carbons (Fsp3) is 0.300. The summed E-state index contributed by atoms with van der Waals surface area (Å²) in [4.78, 5) is 10.8. The number of non-ortho nitro benzene ring substituents is 1. The number of hydrogen-bond acceptors (Lipinski definition) is 5. The van der Waals surface area contributed by atoms with Crippen LogP contribution in [-0.2, 0) is 0 Å². The normalized spacial score (nSPS) is 22.6. The number of nitro benzene ring substituents is 1. The average Bonchev–Trinajstić information content (AvgIpc) is 3.17. The number of nitrogens with one attached hydrogen (secondary N) is 1. The van der Waals surface area contributed by atoms with Gasteiger partial charge in [0, 0.05) is 34.7 Å². The molecule has 140 valence electrons. The molecule has 2 aromatic rings. The Balaban J connectivity index is 1.85. The molecule has 1 aliphatic heterocycles. The lowest BCUT2D eigenvalue weighted by Gasteiger charge is -2.38. The molecule has 0 spiro atoms. The maximum Gasteiger partial charge on any atom is 0.269 e. The van der Waals surface area contributed by atoms with E-state index >= 15 is 0 Å². The summed E-state index contributed by atoms with van der Waals surface area (Å²) in [7, 11) is 3.24. The van der Waals surface area contributed by atoms with Crippen molar-refractivity contribution in [1.82, 2.24) is 0 Å². The highest BCUT2D eigenvalue weighted by Gasteiger charge is 2.40. The Labute approximate surface area is 161 Å². The van der Waals surface area contributed by atoms with Gasteiger partial charge in [-0.15, -0.1) is 0 Å². The van der Waals surface area contributed by atoms with Crippen LogP contribution < -0.4 is 14.8 Å². The third-order valence-electron chi connectivity index (χ3n) is 5.39. The molecule has 27 heavy (non-hydrogen) atoms. The van der Waals surface area contributed by atoms with Gasteiger partial charge in [0.15, 0.2) is 0 Å². The largest absolute Gasteiger partial charge is 0.497 e. The van der Waals surface area contributed by atoms with E-state index in [4.69, 9.17) is 21.1 Å². The number of hydrogen-bond donors (Lipinski definition) is 1. The lowest BCUT2D eigenvalue weighted by molar-refractivity contribution is -0.384. The van der Waals surface area contributed by atoms with Gasteiger partial charge in [0.2, 0.25) is 0 Å². The first-order valence-electron chi connectivity index (χ1n) is 8.66. The molecule has 7 heteroatoms. The zero-order valence-electron chi connectivity index (χ0n) is 14.9. The molecule has 1 heterocycles. The summed E-state index contributed by atoms with van der Waals surface area (Å²) in [6, 6.07) is 8.27. The second-order valence-corrected chi connectivity index (χ2v) is 7.14. The van der Waals surface area contributed by atoms with Crippen LogP contribution in [0, 0.1) is 16.0 Å². The fourth-order valence-corrected chi connectivity index (χ4v) is 4.35. The van der Waals surface area contributed by atoms with Crippen LogP contribution in [0.15, 0.2) is 42.5 Å². The number of nitro groups is 1. The van der Waals surface area contributed by atoms with Gasteiger partial charge in [0.25, 0.3) is 5.69 Å². The summed E-state index contributed by atoms with van der Waals surface area (Å²) < 4.78 is 11.0. The SMILES string of the molecule is COc1cc(OC)c2c(c1)[C@H]1C=CC[C@@H]1[C@@H](c1cc([N+](=O)[O-])ccc1Cl)N2. The van der Waals surface area contributed by atoms with Crippen LogP contribution in [0.1, 0.15) is 29.5 Å². The van der Waals surface area contributed by atoms with E-state index in [9.17, 15) is 10.1 Å². The first-order valence-corrected chi connectivity index (χ1v) is 9.04. The number of halogens is 1. The van der Waals surface area contributed by atoms with Crippen molar-refractivity contribution in [3.63, 3.8) is 0 Å². The summed E-state index contributed by atoms with van der Waals surface area (Å²) in [6.45, 7) is 0. The highest BCUT2D eigenvalue weighted by Crippen LogP contribution is 2.54. The first-order chi connectivity index (χ1) is 13.0. The van der Waals surface area contributed by atoms with E-state index in [-0.39, 0.29) is 23.6 Å². The monoisotopic (exact) mass is 386 g/mol. The molecule has 3 atom stereocenters. The van der Waals surface area contributed by atoms with Crippen LogP contribution in [0.2, 0.25) is 5.02 Å². The van der Waals surface area contributed by atoms with Gasteiger partial charge in [-0.1, -0.05) is 23.8 Å². The zero-order chi connectivity index (χ0) is 19.1. The second kappa shape index (κ2) is 6.78. The van der Waals surface area contributed by atoms with Gasteiger partial charge in [0.05, 0.1) is 30.9 Å². The molecule has 0 unspecified atom stereocenters. The molecule has 0 amide bonds. The van der Waals surface area contributed by atoms with Crippen LogP contribution in [-0.4, -0.2) is 19.1 Å². The number of fused-ring (bicyclic) bond motifs is 3. The Hall–Kier alpha value is -2.73. The van der Waals surface area contributed by atoms with E-state index in [1.807, 2.05) is 12.1 Å². The molecule has 0 radical (unpaired) electrons. The van der Waals surface area contributed by atoms with Gasteiger partial charge in [-0.3, -0.25) is 10.1 Å². The van der Waals surface area contributed by atoms with Crippen molar-refractivity contribution in [3.05, 3.63) is 68.7 Å². The number of rotatable bonds is 4. The number of anilines is 1. The molecule has 2 aliphatic rings. The van der Waals surface area contributed by atoms with E-state index in [1.54, 1.807) is 26.4 Å². The predicted molar refractivity (Wildman–Crippen MR) is 104 cm³/mol. The van der Waals surface area contributed by atoms with E-state index in [0.717, 1.165) is 29.0 Å². The number of methoxy groups -OCH3 is 2. The minimum Gasteiger partial charge on any atom is -0.497 e. The van der Waals surface area contributed by atoms with Crippen molar-refractivity contribution in [2.75, 3.05) is 19.5 Å². The third-order valence-corrected chi connectivity index (χ3v) is 5.73. The number of ether oxygens (including phenoxy) is 2. The van der Waals surface area contributed by atoms with Crippen LogP contribution in [0.3, 0.4) is 0 Å². The van der Waals surface area contributed by atoms with Gasteiger partial charge >= 0.3 is 0 Å². The molecule has 0 fully saturated rings. The van der Waals surface area contributed by atoms with Crippen LogP contribution in [0.4, 0.5) is 11.4 Å². The minimum atomic E-state index is -0.396. The molecule has 2 aromatic carbocycles. The Kier molecular flexibility index (Phi) is 4.44. The lowest BCUT2D eigenvalue weighted by Crippen LogP contribution is -2.29. The number of allylic oxidation sites excluding steroid dienone is 2. The Morgan fingerprint density at radius 2 is 2.00 bits per heavy atom. The Morgan fingerprint density at radius 1 is 1.19 bits per heavy atom. The molecule has 0 bridgehead atoms. The summed E-state index contributed by atoms with van der Waals surface area (Å²) in [6.07, 6.45) is 5.19. The average molecular weight is 387 g/mol.